The van der Waals surface area contributed by atoms with E-state index in [1.165, 1.54) is 28.5 Å². The molecule has 4 aliphatic rings. The number of nitrogens with zero attached hydrogens (tertiary/aromatic N) is 9. The first-order valence-corrected chi connectivity index (χ1v) is 21.5. The van der Waals surface area contributed by atoms with Crippen LogP contribution in [-0.2, 0) is 30.3 Å². The molecule has 18 nitrogen and oxygen atoms in total. The monoisotopic (exact) mass is 884 g/mol. The van der Waals surface area contributed by atoms with Crippen LogP contribution in [0.15, 0.2) is 78.4 Å². The predicted octanol–water partition coefficient (Wildman–Crippen LogP) is 6.40. The van der Waals surface area contributed by atoms with Crippen LogP contribution < -0.4 is 20.9 Å². The van der Waals surface area contributed by atoms with Crippen molar-refractivity contribution >= 4 is 82.1 Å². The number of amides is 5. The number of imide groups is 2. The molecule has 328 valence electrons. The minimum absolute atomic E-state index is 0.00465. The van der Waals surface area contributed by atoms with Crippen LogP contribution in [0, 0.1) is 11.8 Å². The van der Waals surface area contributed by atoms with Crippen molar-refractivity contribution in [1.29, 1.82) is 0 Å². The number of aromatic nitrogens is 8. The van der Waals surface area contributed by atoms with E-state index in [0.29, 0.717) is 57.7 Å². The van der Waals surface area contributed by atoms with Crippen molar-refractivity contribution in [3.8, 4) is 5.69 Å². The minimum atomic E-state index is -0.656. The second-order valence-corrected chi connectivity index (χ2v) is 17.7. The van der Waals surface area contributed by atoms with Crippen molar-refractivity contribution < 1.29 is 28.7 Å². The van der Waals surface area contributed by atoms with Crippen LogP contribution in [-0.4, -0.2) is 80.8 Å². The van der Waals surface area contributed by atoms with E-state index in [9.17, 15) is 24.0 Å². The smallest absolute Gasteiger partial charge is 0.416 e. The molecule has 2 aliphatic heterocycles. The lowest BCUT2D eigenvalue weighted by Gasteiger charge is -2.27. The van der Waals surface area contributed by atoms with Gasteiger partial charge in [0.25, 0.3) is 11.8 Å². The van der Waals surface area contributed by atoms with Crippen LogP contribution in [0.1, 0.15) is 82.5 Å². The molecule has 0 radical (unpaired) electrons. The summed E-state index contributed by atoms with van der Waals surface area (Å²) < 4.78 is 10.7. The summed E-state index contributed by atoms with van der Waals surface area (Å²) in [7, 11) is 0. The molecule has 7 heterocycles. The number of hydrogen-bond donors (Lipinski definition) is 3. The van der Waals surface area contributed by atoms with Crippen LogP contribution in [0.5, 0.6) is 0 Å². The average Bonchev–Trinajstić information content (AvgIpc) is 3.98. The van der Waals surface area contributed by atoms with Crippen LogP contribution in [0.4, 0.5) is 22.1 Å². The van der Waals surface area contributed by atoms with E-state index in [4.69, 9.17) is 21.3 Å². The second-order valence-electron chi connectivity index (χ2n) is 17.3. The Hall–Kier alpha value is -7.21. The third-order valence-electron chi connectivity index (χ3n) is 10.9. The molecule has 64 heavy (non-hydrogen) atoms. The quantitative estimate of drug-likeness (QED) is 0.0734. The van der Waals surface area contributed by atoms with Crippen molar-refractivity contribution in [2.75, 3.05) is 16.8 Å². The van der Waals surface area contributed by atoms with Crippen LogP contribution in [0.3, 0.4) is 0 Å². The summed E-state index contributed by atoms with van der Waals surface area (Å²) in [5.41, 5.74) is 5.29. The van der Waals surface area contributed by atoms with Gasteiger partial charge in [-0.1, -0.05) is 24.4 Å². The fourth-order valence-corrected chi connectivity index (χ4v) is 7.57. The highest BCUT2D eigenvalue weighted by atomic mass is 35.5. The van der Waals surface area contributed by atoms with Gasteiger partial charge in [0.1, 0.15) is 22.4 Å². The number of ether oxygens (including phenoxy) is 1. The summed E-state index contributed by atoms with van der Waals surface area (Å²) >= 11 is 6.27. The lowest BCUT2D eigenvalue weighted by molar-refractivity contribution is -0.125. The molecule has 10 rings (SSSR count). The van der Waals surface area contributed by atoms with Gasteiger partial charge in [-0.2, -0.15) is 19.8 Å². The third-order valence-corrected chi connectivity index (χ3v) is 11.1. The molecule has 0 atom stereocenters. The molecule has 5 aromatic heterocycles. The van der Waals surface area contributed by atoms with E-state index in [1.807, 2.05) is 67.9 Å². The first-order chi connectivity index (χ1) is 30.7. The zero-order chi connectivity index (χ0) is 44.7. The summed E-state index contributed by atoms with van der Waals surface area (Å²) in [5, 5.41) is 21.3. The first-order valence-electron chi connectivity index (χ1n) is 21.1. The Morgan fingerprint density at radius 3 is 2.05 bits per heavy atom. The molecule has 2 saturated heterocycles. The number of nitrogens with one attached hydrogen (secondary N) is 3. The number of carbonyl (C=O) groups excluding carboxylic acids is 5. The molecule has 4 fully saturated rings. The maximum atomic E-state index is 12.9. The van der Waals surface area contributed by atoms with Gasteiger partial charge in [-0.25, -0.2) is 24.0 Å². The molecule has 2 aliphatic carbocycles. The number of halogens is 1. The lowest BCUT2D eigenvalue weighted by atomic mass is 10.1. The summed E-state index contributed by atoms with van der Waals surface area (Å²) in [5.74, 6) is 0.891. The molecule has 3 N–H and O–H groups in total. The number of carbonyl (C=O) groups is 5. The minimum Gasteiger partial charge on any atom is -0.443 e. The Bertz CT molecular complexity index is 2880. The largest absolute Gasteiger partial charge is 0.443 e. The van der Waals surface area contributed by atoms with E-state index in [1.54, 1.807) is 35.3 Å². The van der Waals surface area contributed by atoms with Gasteiger partial charge >= 0.3 is 6.09 Å². The van der Waals surface area contributed by atoms with Crippen molar-refractivity contribution in [3.05, 3.63) is 100 Å². The average molecular weight is 885 g/mol. The number of aryl methyl sites for hydroxylation is 1. The van der Waals surface area contributed by atoms with Crippen molar-refractivity contribution in [2.45, 2.75) is 77.7 Å². The van der Waals surface area contributed by atoms with E-state index >= 15 is 0 Å². The molecule has 0 unspecified atom stereocenters. The number of benzene rings is 1. The standard InChI is InChI=1S/C25H23N7O2.C20H22ClN5O4/c33-23-13-17(25(34)30-23)12-18-15-27-32-21(7-4-16-2-3-16)14-22(29-24(18)32)28-19-5-8-20(9-6-19)31-11-1-10-26-31;1-20(2,3)30-19(29)25(10-11-4-5-11)16-8-14(21)23-17-13(9-22-26(16)17)6-12-7-15(27)24-18(12)28/h1,5-6,8-12,14-16H,2-4,7,13H2,(H,28,29)(H,30,33,34);6,8-9,11H,4-5,7,10H2,1-3H3,(H,24,27,28)/b17-12+;12-6+. The molecule has 0 bridgehead atoms. The zero-order valence-corrected chi connectivity index (χ0v) is 36.1. The molecular formula is C45H45ClN12O6. The summed E-state index contributed by atoms with van der Waals surface area (Å²) in [6, 6.07) is 13.4. The molecular weight excluding hydrogens is 840 g/mol. The number of fused-ring (bicyclic) bond motifs is 2. The van der Waals surface area contributed by atoms with E-state index < -0.39 is 17.6 Å². The Balaban J connectivity index is 0.000000163. The highest BCUT2D eigenvalue weighted by Gasteiger charge is 2.33. The van der Waals surface area contributed by atoms with Gasteiger partial charge < -0.3 is 10.1 Å². The normalized spacial score (nSPS) is 17.6. The van der Waals surface area contributed by atoms with Gasteiger partial charge in [-0.15, -0.1) is 0 Å². The SMILES string of the molecule is CC(C)(C)OC(=O)N(CC1CC1)c1cc(Cl)nc2c(/C=C3\CC(=O)NC3=O)cnn12.O=C1C/C(=C\c2cnn3c(CCC4CC4)cc(Nc4ccc(-n5cccn5)cc4)nc23)C(=O)N1. The highest BCUT2D eigenvalue weighted by Crippen LogP contribution is 2.35. The summed E-state index contributed by atoms with van der Waals surface area (Å²) in [6.07, 6.45) is 16.4. The van der Waals surface area contributed by atoms with Gasteiger partial charge in [0.15, 0.2) is 11.3 Å². The molecule has 5 amide bonds. The Morgan fingerprint density at radius 1 is 0.859 bits per heavy atom. The molecule has 6 aromatic rings. The van der Waals surface area contributed by atoms with Gasteiger partial charge in [0.05, 0.1) is 30.9 Å². The lowest BCUT2D eigenvalue weighted by Crippen LogP contribution is -2.39. The van der Waals surface area contributed by atoms with Crippen molar-refractivity contribution in [2.24, 2.45) is 11.8 Å². The van der Waals surface area contributed by atoms with Crippen LogP contribution >= 0.6 is 11.6 Å². The number of rotatable bonds is 11. The summed E-state index contributed by atoms with van der Waals surface area (Å²) in [6.45, 7) is 5.90. The Labute approximate surface area is 371 Å². The molecule has 2 saturated carbocycles. The molecule has 19 heteroatoms. The Morgan fingerprint density at radius 2 is 1.48 bits per heavy atom. The molecule has 1 aromatic carbocycles. The van der Waals surface area contributed by atoms with E-state index in [0.717, 1.165) is 48.7 Å². The van der Waals surface area contributed by atoms with Gasteiger partial charge in [-0.3, -0.25) is 34.7 Å². The van der Waals surface area contributed by atoms with Crippen molar-refractivity contribution in [1.82, 2.24) is 49.6 Å². The van der Waals surface area contributed by atoms with Gasteiger partial charge in [0.2, 0.25) is 11.8 Å². The zero-order valence-electron chi connectivity index (χ0n) is 35.4. The highest BCUT2D eigenvalue weighted by molar-refractivity contribution is 6.30. The number of anilines is 3. The first kappa shape index (κ1) is 42.1. The van der Waals surface area contributed by atoms with E-state index in [2.05, 4.69) is 36.2 Å². The van der Waals surface area contributed by atoms with Crippen LogP contribution in [0.25, 0.3) is 29.1 Å². The second kappa shape index (κ2) is 17.2. The Kier molecular flexibility index (Phi) is 11.3. The third kappa shape index (κ3) is 9.71. The van der Waals surface area contributed by atoms with Crippen LogP contribution in [0.2, 0.25) is 5.15 Å². The van der Waals surface area contributed by atoms with Crippen molar-refractivity contribution in [3.63, 3.8) is 0 Å². The van der Waals surface area contributed by atoms with E-state index in [-0.39, 0.29) is 35.7 Å². The maximum absolute atomic E-state index is 12.9. The van der Waals surface area contributed by atoms with Gasteiger partial charge in [-0.05, 0) is 101 Å². The fraction of sp³-hybridized carbons (Fsp3) is 0.333. The fourth-order valence-electron chi connectivity index (χ4n) is 7.40. The summed E-state index contributed by atoms with van der Waals surface area (Å²) in [4.78, 5) is 70.6. The topological polar surface area (TPSA) is 212 Å². The maximum Gasteiger partial charge on any atom is 0.416 e. The molecule has 0 spiro atoms. The van der Waals surface area contributed by atoms with Gasteiger partial charge in [0, 0.05) is 64.7 Å². The predicted molar refractivity (Wildman–Crippen MR) is 237 cm³/mol. The number of hydrogen-bond acceptors (Lipinski definition) is 12.